The lowest BCUT2D eigenvalue weighted by Crippen LogP contribution is -2.22. The molecule has 110 valence electrons. The molecule has 0 spiro atoms. The van der Waals surface area contributed by atoms with E-state index in [4.69, 9.17) is 11.6 Å². The van der Waals surface area contributed by atoms with E-state index in [1.165, 1.54) is 4.90 Å². The predicted molar refractivity (Wildman–Crippen MR) is 85.9 cm³/mol. The molecule has 0 saturated carbocycles. The van der Waals surface area contributed by atoms with Crippen molar-refractivity contribution in [1.82, 2.24) is 9.88 Å². The minimum absolute atomic E-state index is 0.162. The first kappa shape index (κ1) is 15.6. The normalized spacial score (nSPS) is 10.3. The monoisotopic (exact) mass is 369 g/mol. The fraction of sp³-hybridized carbons (Fsp3) is 0.143. The van der Waals surface area contributed by atoms with E-state index in [1.54, 1.807) is 44.6 Å². The molecular formula is C14H13BrClN3O2. The number of aromatic nitrogens is 1. The first-order chi connectivity index (χ1) is 9.88. The van der Waals surface area contributed by atoms with E-state index in [2.05, 4.69) is 26.2 Å². The third-order valence-electron chi connectivity index (χ3n) is 2.76. The van der Waals surface area contributed by atoms with Crippen LogP contribution in [-0.2, 0) is 0 Å². The molecule has 0 aliphatic rings. The molecule has 2 aromatic rings. The summed E-state index contributed by atoms with van der Waals surface area (Å²) < 4.78 is 0.773. The fourth-order valence-electron chi connectivity index (χ4n) is 1.70. The van der Waals surface area contributed by atoms with Crippen molar-refractivity contribution in [3.63, 3.8) is 0 Å². The summed E-state index contributed by atoms with van der Waals surface area (Å²) in [5.41, 5.74) is 1.23. The Morgan fingerprint density at radius 2 is 2.00 bits per heavy atom. The number of aromatic amines is 1. The van der Waals surface area contributed by atoms with Crippen LogP contribution in [0.15, 0.2) is 34.9 Å². The molecular weight excluding hydrogens is 358 g/mol. The fourth-order valence-corrected chi connectivity index (χ4v) is 2.21. The van der Waals surface area contributed by atoms with Gasteiger partial charge in [0.2, 0.25) is 0 Å². The van der Waals surface area contributed by atoms with Gasteiger partial charge in [0.1, 0.15) is 5.69 Å². The number of nitrogens with zero attached hydrogens (tertiary/aromatic N) is 1. The first-order valence-electron chi connectivity index (χ1n) is 6.05. The molecule has 0 aliphatic carbocycles. The van der Waals surface area contributed by atoms with Gasteiger partial charge >= 0.3 is 0 Å². The highest BCUT2D eigenvalue weighted by molar-refractivity contribution is 9.10. The molecule has 2 rings (SSSR count). The second-order valence-electron chi connectivity index (χ2n) is 4.58. The molecule has 7 heteroatoms. The molecule has 2 N–H and O–H groups in total. The van der Waals surface area contributed by atoms with Crippen LogP contribution in [0.2, 0.25) is 5.02 Å². The number of benzene rings is 1. The number of halogens is 2. The number of anilines is 1. The number of rotatable bonds is 3. The third kappa shape index (κ3) is 3.65. The zero-order chi connectivity index (χ0) is 15.6. The van der Waals surface area contributed by atoms with Crippen molar-refractivity contribution in [1.29, 1.82) is 0 Å². The van der Waals surface area contributed by atoms with Crippen LogP contribution in [0.5, 0.6) is 0 Å². The van der Waals surface area contributed by atoms with Crippen molar-refractivity contribution in [2.75, 3.05) is 19.4 Å². The number of carbonyl (C=O) groups excluding carboxylic acids is 2. The SMILES string of the molecule is CN(C)C(=O)c1ccc(Cl)c(NC(=O)c2cc(Br)c[nH]2)c1. The van der Waals surface area contributed by atoms with Crippen LogP contribution < -0.4 is 5.32 Å². The van der Waals surface area contributed by atoms with Crippen LogP contribution in [0.3, 0.4) is 0 Å². The quantitative estimate of drug-likeness (QED) is 0.870. The number of nitrogens with one attached hydrogen (secondary N) is 2. The average Bonchev–Trinajstić information content (AvgIpc) is 2.87. The summed E-state index contributed by atoms with van der Waals surface area (Å²) in [6.45, 7) is 0. The first-order valence-corrected chi connectivity index (χ1v) is 7.22. The summed E-state index contributed by atoms with van der Waals surface area (Å²) in [5.74, 6) is -0.498. The number of amides is 2. The molecule has 1 aromatic carbocycles. The van der Waals surface area contributed by atoms with E-state index in [1.807, 2.05) is 0 Å². The molecule has 1 heterocycles. The summed E-state index contributed by atoms with van der Waals surface area (Å²) in [4.78, 5) is 28.3. The molecule has 0 fully saturated rings. The lowest BCUT2D eigenvalue weighted by atomic mass is 10.1. The van der Waals surface area contributed by atoms with Gasteiger partial charge in [0.15, 0.2) is 0 Å². The molecule has 5 nitrogen and oxygen atoms in total. The minimum atomic E-state index is -0.336. The van der Waals surface area contributed by atoms with Gasteiger partial charge in [-0.3, -0.25) is 9.59 Å². The predicted octanol–water partition coefficient (Wildman–Crippen LogP) is 3.38. The van der Waals surface area contributed by atoms with Gasteiger partial charge in [-0.1, -0.05) is 11.6 Å². The van der Waals surface area contributed by atoms with Crippen LogP contribution in [-0.4, -0.2) is 35.8 Å². The van der Waals surface area contributed by atoms with Crippen molar-refractivity contribution in [3.8, 4) is 0 Å². The molecule has 1 aromatic heterocycles. The van der Waals surface area contributed by atoms with Gasteiger partial charge in [0, 0.05) is 30.3 Å². The summed E-state index contributed by atoms with van der Waals surface area (Å²) in [6, 6.07) is 6.41. The summed E-state index contributed by atoms with van der Waals surface area (Å²) >= 11 is 9.32. The zero-order valence-electron chi connectivity index (χ0n) is 11.4. The maximum atomic E-state index is 12.1. The summed E-state index contributed by atoms with van der Waals surface area (Å²) in [6.07, 6.45) is 1.66. The Labute approximate surface area is 135 Å². The maximum Gasteiger partial charge on any atom is 0.272 e. The Balaban J connectivity index is 2.25. The Morgan fingerprint density at radius 3 is 2.57 bits per heavy atom. The minimum Gasteiger partial charge on any atom is -0.356 e. The van der Waals surface area contributed by atoms with Gasteiger partial charge < -0.3 is 15.2 Å². The van der Waals surface area contributed by atoms with Gasteiger partial charge in [0.25, 0.3) is 11.8 Å². The Kier molecular flexibility index (Phi) is 4.69. The van der Waals surface area contributed by atoms with Crippen LogP contribution in [0.1, 0.15) is 20.8 Å². The Hall–Kier alpha value is -1.79. The van der Waals surface area contributed by atoms with Gasteiger partial charge in [0.05, 0.1) is 10.7 Å². The van der Waals surface area contributed by atoms with Crippen molar-refractivity contribution in [3.05, 3.63) is 51.2 Å². The van der Waals surface area contributed by atoms with Gasteiger partial charge in [-0.2, -0.15) is 0 Å². The Morgan fingerprint density at radius 1 is 1.29 bits per heavy atom. The van der Waals surface area contributed by atoms with E-state index in [0.717, 1.165) is 4.47 Å². The van der Waals surface area contributed by atoms with E-state index >= 15 is 0 Å². The number of hydrogen-bond donors (Lipinski definition) is 2. The van der Waals surface area contributed by atoms with Gasteiger partial charge in [-0.15, -0.1) is 0 Å². The molecule has 0 atom stereocenters. The standard InChI is InChI=1S/C14H13BrClN3O2/c1-19(2)14(21)8-3-4-10(16)11(5-8)18-13(20)12-6-9(15)7-17-12/h3-7,17H,1-2H3,(H,18,20). The van der Waals surface area contributed by atoms with Crippen LogP contribution in [0.4, 0.5) is 5.69 Å². The number of H-pyrrole nitrogens is 1. The van der Waals surface area contributed by atoms with Crippen molar-refractivity contribution in [2.24, 2.45) is 0 Å². The summed E-state index contributed by atoms with van der Waals surface area (Å²) in [7, 11) is 3.32. The van der Waals surface area contributed by atoms with E-state index in [-0.39, 0.29) is 11.8 Å². The third-order valence-corrected chi connectivity index (χ3v) is 3.55. The van der Waals surface area contributed by atoms with Gasteiger partial charge in [-0.25, -0.2) is 0 Å². The zero-order valence-corrected chi connectivity index (χ0v) is 13.7. The lowest BCUT2D eigenvalue weighted by molar-refractivity contribution is 0.0827. The van der Waals surface area contributed by atoms with Crippen LogP contribution in [0.25, 0.3) is 0 Å². The molecule has 0 aliphatic heterocycles. The van der Waals surface area contributed by atoms with Gasteiger partial charge in [-0.05, 0) is 40.2 Å². The molecule has 0 radical (unpaired) electrons. The molecule has 0 unspecified atom stereocenters. The largest absolute Gasteiger partial charge is 0.356 e. The second-order valence-corrected chi connectivity index (χ2v) is 5.90. The second kappa shape index (κ2) is 6.32. The van der Waals surface area contributed by atoms with Crippen molar-refractivity contribution in [2.45, 2.75) is 0 Å². The highest BCUT2D eigenvalue weighted by atomic mass is 79.9. The topological polar surface area (TPSA) is 65.2 Å². The smallest absolute Gasteiger partial charge is 0.272 e. The van der Waals surface area contributed by atoms with Crippen molar-refractivity contribution < 1.29 is 9.59 Å². The molecule has 2 amide bonds. The van der Waals surface area contributed by atoms with Crippen LogP contribution in [0, 0.1) is 0 Å². The van der Waals surface area contributed by atoms with E-state index < -0.39 is 0 Å². The number of hydrogen-bond acceptors (Lipinski definition) is 2. The lowest BCUT2D eigenvalue weighted by Gasteiger charge is -2.12. The highest BCUT2D eigenvalue weighted by Crippen LogP contribution is 2.24. The maximum absolute atomic E-state index is 12.1. The average molecular weight is 371 g/mol. The molecule has 21 heavy (non-hydrogen) atoms. The van der Waals surface area contributed by atoms with Crippen LogP contribution >= 0.6 is 27.5 Å². The Bertz CT molecular complexity index is 697. The highest BCUT2D eigenvalue weighted by Gasteiger charge is 2.14. The summed E-state index contributed by atoms with van der Waals surface area (Å²) in [5, 5.41) is 3.05. The van der Waals surface area contributed by atoms with E-state index in [9.17, 15) is 9.59 Å². The molecule has 0 bridgehead atoms. The molecule has 0 saturated heterocycles. The number of carbonyl (C=O) groups is 2. The van der Waals surface area contributed by atoms with Crippen molar-refractivity contribution >= 4 is 45.0 Å². The van der Waals surface area contributed by atoms with E-state index in [0.29, 0.717) is 22.0 Å².